The molecule has 1 heterocycles. The fraction of sp³-hybridized carbons (Fsp3) is 0.571. The number of hydrogen-bond acceptors (Lipinski definition) is 3. The van der Waals surface area contributed by atoms with Gasteiger partial charge >= 0.3 is 0 Å². The van der Waals surface area contributed by atoms with Crippen molar-refractivity contribution < 1.29 is 9.90 Å². The zero-order chi connectivity index (χ0) is 13.1. The summed E-state index contributed by atoms with van der Waals surface area (Å²) in [5.74, 6) is 0.374. The zero-order valence-corrected chi connectivity index (χ0v) is 10.9. The van der Waals surface area contributed by atoms with Crippen molar-refractivity contribution in [3.63, 3.8) is 0 Å². The van der Waals surface area contributed by atoms with E-state index < -0.39 is 0 Å². The summed E-state index contributed by atoms with van der Waals surface area (Å²) in [6, 6.07) is 1.90. The summed E-state index contributed by atoms with van der Waals surface area (Å²) in [6.45, 7) is 3.95. The minimum Gasteiger partial charge on any atom is -0.393 e. The van der Waals surface area contributed by atoms with Crippen LogP contribution in [0.2, 0.25) is 0 Å². The molecule has 98 valence electrons. The first-order chi connectivity index (χ1) is 8.61. The quantitative estimate of drug-likeness (QED) is 0.852. The lowest BCUT2D eigenvalue weighted by atomic mass is 9.76. The third-order valence-corrected chi connectivity index (χ3v) is 3.74. The van der Waals surface area contributed by atoms with E-state index >= 15 is 0 Å². The van der Waals surface area contributed by atoms with Crippen LogP contribution in [0.4, 0.5) is 0 Å². The van der Waals surface area contributed by atoms with Crippen molar-refractivity contribution in [3.05, 3.63) is 29.6 Å². The topological polar surface area (TPSA) is 62.2 Å². The summed E-state index contributed by atoms with van der Waals surface area (Å²) in [5, 5.41) is 12.4. The minimum atomic E-state index is -0.177. The highest BCUT2D eigenvalue weighted by Crippen LogP contribution is 2.31. The highest BCUT2D eigenvalue weighted by Gasteiger charge is 2.33. The first-order valence-electron chi connectivity index (χ1n) is 6.51. The van der Waals surface area contributed by atoms with Crippen molar-refractivity contribution in [1.29, 1.82) is 0 Å². The van der Waals surface area contributed by atoms with E-state index in [1.54, 1.807) is 18.5 Å². The molecule has 1 unspecified atom stereocenters. The van der Waals surface area contributed by atoms with Crippen molar-refractivity contribution in [2.45, 2.75) is 45.3 Å². The lowest BCUT2D eigenvalue weighted by Gasteiger charge is -2.37. The van der Waals surface area contributed by atoms with Crippen molar-refractivity contribution in [3.8, 4) is 0 Å². The molecule has 1 aromatic heterocycles. The summed E-state index contributed by atoms with van der Waals surface area (Å²) in [4.78, 5) is 16.1. The highest BCUT2D eigenvalue weighted by atomic mass is 16.3. The number of carbonyl (C=O) groups excluding carboxylic acids is 1. The number of nitrogens with one attached hydrogen (secondary N) is 1. The molecular weight excluding hydrogens is 228 g/mol. The molecule has 1 fully saturated rings. The molecule has 0 spiro atoms. The van der Waals surface area contributed by atoms with E-state index in [0.717, 1.165) is 24.8 Å². The van der Waals surface area contributed by atoms with Gasteiger partial charge in [-0.3, -0.25) is 9.78 Å². The Balaban J connectivity index is 2.00. The number of aryl methyl sites for hydroxylation is 1. The van der Waals surface area contributed by atoms with Crippen LogP contribution < -0.4 is 5.32 Å². The van der Waals surface area contributed by atoms with Gasteiger partial charge in [0.25, 0.3) is 5.91 Å². The SMILES string of the molecule is CCC(NC(=O)c1ccncc1C)C1CC(O)C1. The number of hydrogen-bond donors (Lipinski definition) is 2. The number of rotatable bonds is 4. The number of nitrogens with zero attached hydrogens (tertiary/aromatic N) is 1. The smallest absolute Gasteiger partial charge is 0.251 e. The molecule has 0 radical (unpaired) electrons. The molecule has 4 heteroatoms. The molecule has 1 aliphatic carbocycles. The van der Waals surface area contributed by atoms with Gasteiger partial charge in [-0.25, -0.2) is 0 Å². The van der Waals surface area contributed by atoms with E-state index in [-0.39, 0.29) is 18.1 Å². The van der Waals surface area contributed by atoms with Crippen LogP contribution in [0.25, 0.3) is 0 Å². The van der Waals surface area contributed by atoms with Gasteiger partial charge in [0.2, 0.25) is 0 Å². The summed E-state index contributed by atoms with van der Waals surface area (Å²) >= 11 is 0. The van der Waals surface area contributed by atoms with Crippen LogP contribution in [-0.4, -0.2) is 28.1 Å². The number of amides is 1. The summed E-state index contributed by atoms with van der Waals surface area (Å²) in [5.41, 5.74) is 1.57. The van der Waals surface area contributed by atoms with Gasteiger partial charge in [0.05, 0.1) is 6.10 Å². The molecule has 1 amide bonds. The van der Waals surface area contributed by atoms with Crippen molar-refractivity contribution >= 4 is 5.91 Å². The molecule has 2 N–H and O–H groups in total. The van der Waals surface area contributed by atoms with Gasteiger partial charge in [-0.15, -0.1) is 0 Å². The van der Waals surface area contributed by atoms with Gasteiger partial charge in [-0.2, -0.15) is 0 Å². The molecule has 1 aromatic rings. The number of aliphatic hydroxyl groups excluding tert-OH is 1. The number of aromatic nitrogens is 1. The number of aliphatic hydroxyl groups is 1. The van der Waals surface area contributed by atoms with Gasteiger partial charge < -0.3 is 10.4 Å². The Morgan fingerprint density at radius 3 is 2.89 bits per heavy atom. The highest BCUT2D eigenvalue weighted by molar-refractivity contribution is 5.95. The van der Waals surface area contributed by atoms with Crippen molar-refractivity contribution in [1.82, 2.24) is 10.3 Å². The predicted molar refractivity (Wildman–Crippen MR) is 69.3 cm³/mol. The van der Waals surface area contributed by atoms with Crippen LogP contribution in [-0.2, 0) is 0 Å². The number of carbonyl (C=O) groups is 1. The van der Waals surface area contributed by atoms with Crippen molar-refractivity contribution in [2.75, 3.05) is 0 Å². The maximum Gasteiger partial charge on any atom is 0.251 e. The van der Waals surface area contributed by atoms with Gasteiger partial charge in [-0.05, 0) is 43.7 Å². The van der Waals surface area contributed by atoms with E-state index in [0.29, 0.717) is 11.5 Å². The second-order valence-corrected chi connectivity index (χ2v) is 5.06. The van der Waals surface area contributed by atoms with Crippen LogP contribution in [0.1, 0.15) is 42.1 Å². The summed E-state index contributed by atoms with van der Waals surface area (Å²) in [6.07, 6.45) is 5.65. The van der Waals surface area contributed by atoms with Crippen LogP contribution >= 0.6 is 0 Å². The maximum absolute atomic E-state index is 12.2. The Hall–Kier alpha value is -1.42. The average molecular weight is 248 g/mol. The average Bonchev–Trinajstić information content (AvgIpc) is 2.33. The van der Waals surface area contributed by atoms with Gasteiger partial charge in [-0.1, -0.05) is 6.92 Å². The van der Waals surface area contributed by atoms with Gasteiger partial charge in [0, 0.05) is 24.0 Å². The van der Waals surface area contributed by atoms with Gasteiger partial charge in [0.1, 0.15) is 0 Å². The Morgan fingerprint density at radius 2 is 2.33 bits per heavy atom. The van der Waals surface area contributed by atoms with Crippen LogP contribution in [0.5, 0.6) is 0 Å². The van der Waals surface area contributed by atoms with Crippen LogP contribution in [0.3, 0.4) is 0 Å². The van der Waals surface area contributed by atoms with Crippen LogP contribution in [0, 0.1) is 12.8 Å². The van der Waals surface area contributed by atoms with Crippen molar-refractivity contribution in [2.24, 2.45) is 5.92 Å². The molecule has 2 rings (SSSR count). The largest absolute Gasteiger partial charge is 0.393 e. The number of pyridine rings is 1. The fourth-order valence-corrected chi connectivity index (χ4v) is 2.49. The molecule has 1 atom stereocenters. The van der Waals surface area contributed by atoms with E-state index in [9.17, 15) is 9.90 Å². The Bertz CT molecular complexity index is 428. The molecule has 18 heavy (non-hydrogen) atoms. The molecular formula is C14H20N2O2. The maximum atomic E-state index is 12.2. The minimum absolute atomic E-state index is 0.0388. The van der Waals surface area contributed by atoms with Gasteiger partial charge in [0.15, 0.2) is 0 Å². The Morgan fingerprint density at radius 1 is 1.61 bits per heavy atom. The summed E-state index contributed by atoms with van der Waals surface area (Å²) < 4.78 is 0. The third kappa shape index (κ3) is 2.70. The molecule has 0 aromatic carbocycles. The first kappa shape index (κ1) is 13.0. The van der Waals surface area contributed by atoms with E-state index in [1.807, 2.05) is 6.92 Å². The Labute approximate surface area is 107 Å². The zero-order valence-electron chi connectivity index (χ0n) is 10.9. The summed E-state index contributed by atoms with van der Waals surface area (Å²) in [7, 11) is 0. The molecule has 1 saturated carbocycles. The first-order valence-corrected chi connectivity index (χ1v) is 6.51. The lowest BCUT2D eigenvalue weighted by molar-refractivity contribution is 0.0232. The normalized spacial score (nSPS) is 24.2. The monoisotopic (exact) mass is 248 g/mol. The van der Waals surface area contributed by atoms with E-state index in [2.05, 4.69) is 17.2 Å². The second kappa shape index (κ2) is 5.48. The predicted octanol–water partition coefficient (Wildman–Crippen LogP) is 1.67. The second-order valence-electron chi connectivity index (χ2n) is 5.06. The molecule has 0 saturated heterocycles. The molecule has 1 aliphatic rings. The fourth-order valence-electron chi connectivity index (χ4n) is 2.49. The van der Waals surface area contributed by atoms with Crippen LogP contribution in [0.15, 0.2) is 18.5 Å². The Kier molecular flexibility index (Phi) is 3.97. The standard InChI is InChI=1S/C14H20N2O2/c1-3-13(10-6-11(17)7-10)16-14(18)12-4-5-15-8-9(12)2/h4-5,8,10-11,13,17H,3,6-7H2,1-2H3,(H,16,18). The van der Waals surface area contributed by atoms with E-state index in [4.69, 9.17) is 0 Å². The molecule has 4 nitrogen and oxygen atoms in total. The molecule has 0 aliphatic heterocycles. The lowest BCUT2D eigenvalue weighted by Crippen LogP contribution is -2.46. The molecule has 0 bridgehead atoms. The third-order valence-electron chi connectivity index (χ3n) is 3.74. The van der Waals surface area contributed by atoms with E-state index in [1.165, 1.54) is 0 Å².